The maximum atomic E-state index is 11.7. The molecule has 0 aromatic heterocycles. The number of benzene rings is 2. The van der Waals surface area contributed by atoms with E-state index in [0.717, 1.165) is 63.1 Å². The molecule has 1 heterocycles. The van der Waals surface area contributed by atoms with Gasteiger partial charge in [0.25, 0.3) is 0 Å². The Morgan fingerprint density at radius 2 is 1.55 bits per heavy atom. The van der Waals surface area contributed by atoms with Crippen LogP contribution in [-0.4, -0.2) is 69.6 Å². The fraction of sp³-hybridized carbons (Fsp3) is 0.429. The summed E-state index contributed by atoms with van der Waals surface area (Å²) in [4.78, 5) is 41.8. The number of aliphatic carboxylic acids is 3. The van der Waals surface area contributed by atoms with Gasteiger partial charge in [-0.3, -0.25) is 9.59 Å². The summed E-state index contributed by atoms with van der Waals surface area (Å²) >= 11 is 0. The first-order valence-electron chi connectivity index (χ1n) is 12.7. The molecule has 3 N–H and O–H groups in total. The molecule has 0 unspecified atom stereocenters. The van der Waals surface area contributed by atoms with E-state index in [2.05, 4.69) is 10.1 Å². The Balaban J connectivity index is 1.40. The van der Waals surface area contributed by atoms with Crippen molar-refractivity contribution < 1.29 is 39.3 Å². The minimum absolute atomic E-state index is 0.108. The molecule has 1 fully saturated rings. The molecule has 1 aliphatic rings. The topological polar surface area (TPSA) is 146 Å². The standard InChI is InChI=1S/C28H34N2O8/c31-25(32)19-28(27(35)36,20-26(33)34)37-23-10-8-22(9-11-23)14-18-30-16-12-21(13-17-30)5-4-15-29-38-24-6-2-1-3-7-24/h1-3,6-11,15,21H,4-5,12-14,16-20H2,(H,31,32)(H,33,34)(H,35,36)/b29-15+. The Kier molecular flexibility index (Phi) is 10.7. The molecule has 0 atom stereocenters. The van der Waals surface area contributed by atoms with E-state index in [1.165, 1.54) is 0 Å². The van der Waals surface area contributed by atoms with Gasteiger partial charge in [0, 0.05) is 12.8 Å². The van der Waals surface area contributed by atoms with E-state index in [1.54, 1.807) is 24.3 Å². The number of carboxylic acids is 3. The zero-order valence-electron chi connectivity index (χ0n) is 21.2. The molecular formula is C28H34N2O8. The lowest BCUT2D eigenvalue weighted by Crippen LogP contribution is -2.48. The average molecular weight is 527 g/mol. The Morgan fingerprint density at radius 3 is 2.13 bits per heavy atom. The van der Waals surface area contributed by atoms with Gasteiger partial charge in [-0.25, -0.2) is 4.79 Å². The van der Waals surface area contributed by atoms with Crippen molar-refractivity contribution in [2.45, 2.75) is 50.5 Å². The predicted octanol–water partition coefficient (Wildman–Crippen LogP) is 3.94. The van der Waals surface area contributed by atoms with Crippen molar-refractivity contribution in [1.29, 1.82) is 0 Å². The highest BCUT2D eigenvalue weighted by atomic mass is 16.6. The van der Waals surface area contributed by atoms with Crippen LogP contribution in [0.25, 0.3) is 0 Å². The molecule has 3 rings (SSSR count). The summed E-state index contributed by atoms with van der Waals surface area (Å²) in [7, 11) is 0. The Labute approximate surface area is 221 Å². The zero-order chi connectivity index (χ0) is 27.4. The van der Waals surface area contributed by atoms with E-state index >= 15 is 0 Å². The Bertz CT molecular complexity index is 1060. The van der Waals surface area contributed by atoms with E-state index in [1.807, 2.05) is 36.5 Å². The van der Waals surface area contributed by atoms with Gasteiger partial charge < -0.3 is 29.8 Å². The molecule has 10 nitrogen and oxygen atoms in total. The first kappa shape index (κ1) is 28.6. The number of ether oxygens (including phenoxy) is 1. The summed E-state index contributed by atoms with van der Waals surface area (Å²) in [6.07, 6.45) is 4.91. The molecule has 1 aliphatic heterocycles. The van der Waals surface area contributed by atoms with Crippen LogP contribution in [0.3, 0.4) is 0 Å². The van der Waals surface area contributed by atoms with Gasteiger partial charge >= 0.3 is 17.9 Å². The second-order valence-electron chi connectivity index (χ2n) is 9.49. The molecule has 0 spiro atoms. The number of hydrogen-bond acceptors (Lipinski definition) is 7. The lowest BCUT2D eigenvalue weighted by atomic mass is 9.92. The molecule has 0 radical (unpaired) electrons. The van der Waals surface area contributed by atoms with Crippen LogP contribution in [0.2, 0.25) is 0 Å². The van der Waals surface area contributed by atoms with Crippen molar-refractivity contribution in [3.05, 3.63) is 60.2 Å². The van der Waals surface area contributed by atoms with Crippen molar-refractivity contribution in [2.75, 3.05) is 19.6 Å². The quantitative estimate of drug-likeness (QED) is 0.232. The molecule has 10 heteroatoms. The molecule has 2 aromatic carbocycles. The number of carbonyl (C=O) groups is 3. The van der Waals surface area contributed by atoms with Gasteiger partial charge in [0.05, 0.1) is 12.8 Å². The van der Waals surface area contributed by atoms with Gasteiger partial charge in [-0.15, -0.1) is 0 Å². The number of nitrogens with zero attached hydrogens (tertiary/aromatic N) is 2. The number of rotatable bonds is 15. The molecule has 2 aromatic rings. The number of hydrogen-bond donors (Lipinski definition) is 3. The predicted molar refractivity (Wildman–Crippen MR) is 140 cm³/mol. The van der Waals surface area contributed by atoms with Gasteiger partial charge in [0.1, 0.15) is 5.75 Å². The Morgan fingerprint density at radius 1 is 0.921 bits per heavy atom. The number of likely N-dealkylation sites (tertiary alicyclic amines) is 1. The zero-order valence-corrected chi connectivity index (χ0v) is 21.2. The van der Waals surface area contributed by atoms with Crippen molar-refractivity contribution in [1.82, 2.24) is 4.90 Å². The monoisotopic (exact) mass is 526 g/mol. The highest BCUT2D eigenvalue weighted by Crippen LogP contribution is 2.27. The van der Waals surface area contributed by atoms with Crippen LogP contribution < -0.4 is 9.57 Å². The van der Waals surface area contributed by atoms with Crippen LogP contribution in [0.5, 0.6) is 11.5 Å². The van der Waals surface area contributed by atoms with E-state index in [-0.39, 0.29) is 5.75 Å². The molecule has 0 saturated carbocycles. The van der Waals surface area contributed by atoms with Crippen molar-refractivity contribution in [2.24, 2.45) is 11.1 Å². The fourth-order valence-corrected chi connectivity index (χ4v) is 4.50. The summed E-state index contributed by atoms with van der Waals surface area (Å²) in [5.74, 6) is -3.06. The lowest BCUT2D eigenvalue weighted by molar-refractivity contribution is -0.167. The Hall–Kier alpha value is -3.92. The van der Waals surface area contributed by atoms with Gasteiger partial charge in [-0.1, -0.05) is 35.5 Å². The second-order valence-corrected chi connectivity index (χ2v) is 9.49. The van der Waals surface area contributed by atoms with Crippen molar-refractivity contribution in [3.63, 3.8) is 0 Å². The van der Waals surface area contributed by atoms with Crippen LogP contribution in [0, 0.1) is 5.92 Å². The van der Waals surface area contributed by atoms with Crippen LogP contribution in [0.4, 0.5) is 0 Å². The van der Waals surface area contributed by atoms with Crippen LogP contribution in [-0.2, 0) is 20.8 Å². The SMILES string of the molecule is O=C(O)CC(CC(=O)O)(Oc1ccc(CCN2CCC(CC/C=N/Oc3ccccc3)CC2)cc1)C(=O)O. The number of para-hydroxylation sites is 1. The molecular weight excluding hydrogens is 492 g/mol. The normalized spacial score (nSPS) is 14.8. The third kappa shape index (κ3) is 9.19. The summed E-state index contributed by atoms with van der Waals surface area (Å²) < 4.78 is 5.43. The van der Waals surface area contributed by atoms with E-state index in [0.29, 0.717) is 5.92 Å². The van der Waals surface area contributed by atoms with Gasteiger partial charge in [0.2, 0.25) is 5.60 Å². The summed E-state index contributed by atoms with van der Waals surface area (Å²) in [5, 5.41) is 31.8. The summed E-state index contributed by atoms with van der Waals surface area (Å²) in [6, 6.07) is 16.1. The third-order valence-corrected chi connectivity index (χ3v) is 6.60. The minimum Gasteiger partial charge on any atom is -0.481 e. The molecule has 1 saturated heterocycles. The highest BCUT2D eigenvalue weighted by Gasteiger charge is 2.46. The molecule has 0 bridgehead atoms. The summed E-state index contributed by atoms with van der Waals surface area (Å²) in [5.41, 5.74) is -1.36. The fourth-order valence-electron chi connectivity index (χ4n) is 4.50. The molecule has 0 amide bonds. The maximum Gasteiger partial charge on any atom is 0.349 e. The molecule has 0 aliphatic carbocycles. The number of piperidine rings is 1. The number of oxime groups is 1. The second kappa shape index (κ2) is 14.1. The largest absolute Gasteiger partial charge is 0.481 e. The van der Waals surface area contributed by atoms with E-state index in [4.69, 9.17) is 19.8 Å². The van der Waals surface area contributed by atoms with E-state index < -0.39 is 36.4 Å². The van der Waals surface area contributed by atoms with Crippen LogP contribution >= 0.6 is 0 Å². The van der Waals surface area contributed by atoms with Gasteiger partial charge in [-0.05, 0) is 80.9 Å². The van der Waals surface area contributed by atoms with Gasteiger partial charge in [0.15, 0.2) is 5.75 Å². The number of carboxylic acid groups (broad SMARTS) is 3. The van der Waals surface area contributed by atoms with Gasteiger partial charge in [-0.2, -0.15) is 0 Å². The molecule has 38 heavy (non-hydrogen) atoms. The summed E-state index contributed by atoms with van der Waals surface area (Å²) in [6.45, 7) is 2.93. The van der Waals surface area contributed by atoms with E-state index in [9.17, 15) is 19.5 Å². The van der Waals surface area contributed by atoms with Crippen LogP contribution in [0.1, 0.15) is 44.1 Å². The first-order valence-corrected chi connectivity index (χ1v) is 12.7. The first-order chi connectivity index (χ1) is 18.3. The minimum atomic E-state index is -2.38. The van der Waals surface area contributed by atoms with Crippen LogP contribution in [0.15, 0.2) is 59.8 Å². The lowest BCUT2D eigenvalue weighted by Gasteiger charge is -2.31. The molecule has 204 valence electrons. The van der Waals surface area contributed by atoms with Crippen molar-refractivity contribution in [3.8, 4) is 11.5 Å². The highest BCUT2D eigenvalue weighted by molar-refractivity contribution is 5.88. The third-order valence-electron chi connectivity index (χ3n) is 6.60. The average Bonchev–Trinajstić information content (AvgIpc) is 2.88. The smallest absolute Gasteiger partial charge is 0.349 e. The maximum absolute atomic E-state index is 11.7. The van der Waals surface area contributed by atoms with Crippen molar-refractivity contribution >= 4 is 24.1 Å².